The van der Waals surface area contributed by atoms with Crippen LogP contribution in [-0.2, 0) is 10.2 Å². The minimum Gasteiger partial charge on any atom is -0.393 e. The molecule has 1 fully saturated rings. The Balaban J connectivity index is 1.81. The lowest BCUT2D eigenvalue weighted by Gasteiger charge is -2.14. The molecule has 0 saturated heterocycles. The standard InChI is InChI=1S/C13H20N6O3S/c1-15-12-10-2-3-19(13(10)17-7-16-12)9-4-8(11(20)5-9)6-18-23(14,21)22/h2-3,7-9,11,18,20H,4-6H2,1H3,(H2,14,21,22)(H,15,16,17)/t8-,9+,11-/m0/s1. The third-order valence-corrected chi connectivity index (χ3v) is 4.89. The van der Waals surface area contributed by atoms with Crippen molar-refractivity contribution in [2.75, 3.05) is 18.9 Å². The summed E-state index contributed by atoms with van der Waals surface area (Å²) in [7, 11) is -1.95. The number of nitrogens with two attached hydrogens (primary N) is 1. The maximum atomic E-state index is 11.0. The molecule has 23 heavy (non-hydrogen) atoms. The highest BCUT2D eigenvalue weighted by Crippen LogP contribution is 2.37. The van der Waals surface area contributed by atoms with Gasteiger partial charge in [-0.15, -0.1) is 0 Å². The van der Waals surface area contributed by atoms with Crippen LogP contribution in [0, 0.1) is 5.92 Å². The van der Waals surface area contributed by atoms with E-state index in [1.165, 1.54) is 6.33 Å². The van der Waals surface area contributed by atoms with Gasteiger partial charge in [-0.1, -0.05) is 0 Å². The summed E-state index contributed by atoms with van der Waals surface area (Å²) in [6.07, 6.45) is 4.02. The fourth-order valence-corrected chi connectivity index (χ4v) is 3.65. The van der Waals surface area contributed by atoms with E-state index in [0.29, 0.717) is 12.8 Å². The summed E-state index contributed by atoms with van der Waals surface area (Å²) in [5.41, 5.74) is 0.793. The van der Waals surface area contributed by atoms with Crippen LogP contribution < -0.4 is 15.2 Å². The molecule has 2 aromatic rings. The first kappa shape index (κ1) is 16.1. The highest BCUT2D eigenvalue weighted by Gasteiger charge is 2.34. The minimum atomic E-state index is -3.75. The lowest BCUT2D eigenvalue weighted by atomic mass is 10.1. The molecule has 3 rings (SSSR count). The lowest BCUT2D eigenvalue weighted by molar-refractivity contribution is 0.133. The molecule has 0 aromatic carbocycles. The molecule has 0 spiro atoms. The van der Waals surface area contributed by atoms with E-state index in [1.54, 1.807) is 7.05 Å². The van der Waals surface area contributed by atoms with Crippen LogP contribution in [0.4, 0.5) is 5.82 Å². The topological polar surface area (TPSA) is 135 Å². The minimum absolute atomic E-state index is 0.0504. The predicted molar refractivity (Wildman–Crippen MR) is 86.0 cm³/mol. The molecule has 0 unspecified atom stereocenters. The molecule has 2 aromatic heterocycles. The van der Waals surface area contributed by atoms with Crippen molar-refractivity contribution in [1.29, 1.82) is 0 Å². The zero-order chi connectivity index (χ0) is 16.6. The summed E-state index contributed by atoms with van der Waals surface area (Å²) in [6.45, 7) is 0.131. The lowest BCUT2D eigenvalue weighted by Crippen LogP contribution is -2.36. The van der Waals surface area contributed by atoms with Gasteiger partial charge in [0.1, 0.15) is 17.8 Å². The summed E-state index contributed by atoms with van der Waals surface area (Å²) in [5, 5.41) is 19.1. The van der Waals surface area contributed by atoms with Crippen LogP contribution in [-0.4, -0.2) is 47.8 Å². The Morgan fingerprint density at radius 1 is 1.43 bits per heavy atom. The van der Waals surface area contributed by atoms with Gasteiger partial charge in [0, 0.05) is 31.7 Å². The van der Waals surface area contributed by atoms with E-state index in [1.807, 2.05) is 16.8 Å². The number of anilines is 1. The molecule has 1 saturated carbocycles. The maximum absolute atomic E-state index is 11.0. The van der Waals surface area contributed by atoms with Crippen molar-refractivity contribution in [3.63, 3.8) is 0 Å². The summed E-state index contributed by atoms with van der Waals surface area (Å²) in [5.74, 6) is 0.570. The molecule has 3 atom stereocenters. The van der Waals surface area contributed by atoms with E-state index in [4.69, 9.17) is 5.14 Å². The second kappa shape index (κ2) is 6.04. The Labute approximate surface area is 134 Å². The third kappa shape index (κ3) is 3.29. The quantitative estimate of drug-likeness (QED) is 0.584. The molecule has 10 heteroatoms. The Bertz CT molecular complexity index is 805. The van der Waals surface area contributed by atoms with E-state index in [2.05, 4.69) is 20.0 Å². The van der Waals surface area contributed by atoms with E-state index < -0.39 is 16.3 Å². The first-order valence-electron chi connectivity index (χ1n) is 7.34. The van der Waals surface area contributed by atoms with Crippen LogP contribution in [0.15, 0.2) is 18.6 Å². The van der Waals surface area contributed by atoms with E-state index in [-0.39, 0.29) is 18.5 Å². The summed E-state index contributed by atoms with van der Waals surface area (Å²) < 4.78 is 26.3. The molecule has 9 nitrogen and oxygen atoms in total. The number of hydrogen-bond donors (Lipinski definition) is 4. The highest BCUT2D eigenvalue weighted by atomic mass is 32.2. The summed E-state index contributed by atoms with van der Waals surface area (Å²) in [6, 6.07) is 1.98. The number of nitrogens with one attached hydrogen (secondary N) is 2. The van der Waals surface area contributed by atoms with Crippen LogP contribution >= 0.6 is 0 Å². The van der Waals surface area contributed by atoms with Gasteiger partial charge in [-0.2, -0.15) is 8.42 Å². The van der Waals surface area contributed by atoms with E-state index in [9.17, 15) is 13.5 Å². The maximum Gasteiger partial charge on any atom is 0.274 e. The largest absolute Gasteiger partial charge is 0.393 e. The molecular weight excluding hydrogens is 320 g/mol. The van der Waals surface area contributed by atoms with Crippen molar-refractivity contribution in [1.82, 2.24) is 19.3 Å². The molecule has 5 N–H and O–H groups in total. The zero-order valence-electron chi connectivity index (χ0n) is 12.7. The average Bonchev–Trinajstić information content (AvgIpc) is 3.07. The Kier molecular flexibility index (Phi) is 4.23. The molecule has 1 aliphatic rings. The Hall–Kier alpha value is -1.75. The molecule has 2 heterocycles. The molecule has 126 valence electrons. The number of hydrogen-bond acceptors (Lipinski definition) is 6. The van der Waals surface area contributed by atoms with Crippen molar-refractivity contribution in [3.8, 4) is 0 Å². The van der Waals surface area contributed by atoms with E-state index >= 15 is 0 Å². The van der Waals surface area contributed by atoms with E-state index in [0.717, 1.165) is 16.9 Å². The Morgan fingerprint density at radius 2 is 2.22 bits per heavy atom. The number of aliphatic hydroxyl groups excluding tert-OH is 1. The predicted octanol–water partition coefficient (Wildman–Crippen LogP) is -0.422. The molecule has 1 aliphatic carbocycles. The SMILES string of the molecule is CNc1ncnc2c1ccn2[C@@H]1C[C@@H](CNS(N)(=O)=O)[C@@H](O)C1. The zero-order valence-corrected chi connectivity index (χ0v) is 13.5. The number of nitrogens with zero attached hydrogens (tertiary/aromatic N) is 3. The van der Waals surface area contributed by atoms with Crippen molar-refractivity contribution >= 4 is 27.1 Å². The van der Waals surface area contributed by atoms with Crippen LogP contribution in [0.2, 0.25) is 0 Å². The second-order valence-electron chi connectivity index (χ2n) is 5.78. The first-order valence-corrected chi connectivity index (χ1v) is 8.88. The van der Waals surface area contributed by atoms with Gasteiger partial charge in [-0.25, -0.2) is 19.8 Å². The van der Waals surface area contributed by atoms with Gasteiger partial charge in [0.15, 0.2) is 0 Å². The number of fused-ring (bicyclic) bond motifs is 1. The monoisotopic (exact) mass is 340 g/mol. The van der Waals surface area contributed by atoms with Gasteiger partial charge < -0.3 is 15.0 Å². The van der Waals surface area contributed by atoms with Gasteiger partial charge in [-0.05, 0) is 18.9 Å². The molecule has 0 bridgehead atoms. The van der Waals surface area contributed by atoms with Crippen molar-refractivity contribution in [2.45, 2.75) is 25.0 Å². The van der Waals surface area contributed by atoms with Gasteiger partial charge in [0.25, 0.3) is 10.2 Å². The fraction of sp³-hybridized carbons (Fsp3) is 0.538. The molecule has 0 aliphatic heterocycles. The van der Waals surface area contributed by atoms with Crippen LogP contribution in [0.3, 0.4) is 0 Å². The third-order valence-electron chi connectivity index (χ3n) is 4.32. The molecular formula is C13H20N6O3S. The fourth-order valence-electron chi connectivity index (χ4n) is 3.21. The van der Waals surface area contributed by atoms with Crippen LogP contribution in [0.25, 0.3) is 11.0 Å². The van der Waals surface area contributed by atoms with Crippen molar-refractivity contribution in [3.05, 3.63) is 18.6 Å². The highest BCUT2D eigenvalue weighted by molar-refractivity contribution is 7.87. The van der Waals surface area contributed by atoms with Crippen molar-refractivity contribution < 1.29 is 13.5 Å². The van der Waals surface area contributed by atoms with Gasteiger partial charge in [0.05, 0.1) is 11.5 Å². The normalized spacial score (nSPS) is 25.1. The first-order chi connectivity index (χ1) is 10.9. The second-order valence-corrected chi connectivity index (χ2v) is 7.16. The Morgan fingerprint density at radius 3 is 2.91 bits per heavy atom. The summed E-state index contributed by atoms with van der Waals surface area (Å²) in [4.78, 5) is 8.50. The van der Waals surface area contributed by atoms with Crippen LogP contribution in [0.1, 0.15) is 18.9 Å². The van der Waals surface area contributed by atoms with Crippen LogP contribution in [0.5, 0.6) is 0 Å². The average molecular weight is 340 g/mol. The molecule has 0 radical (unpaired) electrons. The number of rotatable bonds is 5. The summed E-state index contributed by atoms with van der Waals surface area (Å²) >= 11 is 0. The van der Waals surface area contributed by atoms with Gasteiger partial charge in [-0.3, -0.25) is 0 Å². The number of aromatic nitrogens is 3. The van der Waals surface area contributed by atoms with Crippen molar-refractivity contribution in [2.24, 2.45) is 11.1 Å². The van der Waals surface area contributed by atoms with Gasteiger partial charge in [0.2, 0.25) is 0 Å². The van der Waals surface area contributed by atoms with Gasteiger partial charge >= 0.3 is 0 Å². The smallest absolute Gasteiger partial charge is 0.274 e. The molecule has 0 amide bonds. The number of aliphatic hydroxyl groups is 1.